The van der Waals surface area contributed by atoms with E-state index in [1.54, 1.807) is 16.5 Å². The molecule has 3 rings (SSSR count). The van der Waals surface area contributed by atoms with Gasteiger partial charge in [0.05, 0.1) is 6.54 Å². The van der Waals surface area contributed by atoms with Gasteiger partial charge in [0.15, 0.2) is 10.6 Å². The highest BCUT2D eigenvalue weighted by atomic mass is 32.1. The van der Waals surface area contributed by atoms with Crippen LogP contribution in [-0.4, -0.2) is 45.8 Å². The number of nitrogens with one attached hydrogen (secondary N) is 1. The smallest absolute Gasteiger partial charge is 0.242 e. The van der Waals surface area contributed by atoms with Gasteiger partial charge in [-0.2, -0.15) is 5.10 Å². The van der Waals surface area contributed by atoms with E-state index in [-0.39, 0.29) is 12.5 Å². The topological polar surface area (TPSA) is 63.1 Å². The first kappa shape index (κ1) is 19.8. The number of benzene rings is 2. The Morgan fingerprint density at radius 3 is 2.64 bits per heavy atom. The Morgan fingerprint density at radius 1 is 1.18 bits per heavy atom. The normalized spacial score (nSPS) is 10.7. The minimum absolute atomic E-state index is 0.0566. The predicted octanol–water partition coefficient (Wildman–Crippen LogP) is 3.76. The van der Waals surface area contributed by atoms with Crippen LogP contribution in [0.15, 0.2) is 48.5 Å². The van der Waals surface area contributed by atoms with Crippen LogP contribution in [0.25, 0.3) is 11.4 Å². The van der Waals surface area contributed by atoms with Crippen LogP contribution < -0.4 is 4.74 Å². The number of hydrogen-bond acceptors (Lipinski definition) is 4. The van der Waals surface area contributed by atoms with Crippen LogP contribution in [0, 0.1) is 18.6 Å². The Balaban J connectivity index is 1.62. The van der Waals surface area contributed by atoms with E-state index < -0.39 is 0 Å². The molecule has 0 aliphatic heterocycles. The SMILES string of the molecule is Cc1ccc(OCCN(C)C(=O)Cn2c(-c3cccc(C)c3)n[nH]c2=S)cc1. The Kier molecular flexibility index (Phi) is 6.26. The lowest BCUT2D eigenvalue weighted by Crippen LogP contribution is -2.33. The van der Waals surface area contributed by atoms with E-state index in [9.17, 15) is 4.79 Å². The number of aromatic amines is 1. The molecule has 1 aromatic heterocycles. The van der Waals surface area contributed by atoms with Gasteiger partial charge in [-0.1, -0.05) is 41.5 Å². The molecule has 0 atom stereocenters. The molecular weight excluding hydrogens is 372 g/mol. The second-order valence-electron chi connectivity index (χ2n) is 6.78. The number of hydrogen-bond donors (Lipinski definition) is 1. The lowest BCUT2D eigenvalue weighted by molar-refractivity contribution is -0.130. The molecule has 2 aromatic carbocycles. The van der Waals surface area contributed by atoms with Gasteiger partial charge in [-0.05, 0) is 44.3 Å². The van der Waals surface area contributed by atoms with E-state index in [2.05, 4.69) is 10.2 Å². The molecule has 0 radical (unpaired) electrons. The van der Waals surface area contributed by atoms with E-state index in [1.807, 2.05) is 62.4 Å². The maximum Gasteiger partial charge on any atom is 0.242 e. The summed E-state index contributed by atoms with van der Waals surface area (Å²) in [7, 11) is 1.76. The average molecular weight is 397 g/mol. The van der Waals surface area contributed by atoms with Gasteiger partial charge in [-0.15, -0.1) is 0 Å². The molecule has 1 amide bonds. The number of ether oxygens (including phenoxy) is 1. The van der Waals surface area contributed by atoms with Crippen molar-refractivity contribution in [1.82, 2.24) is 19.7 Å². The summed E-state index contributed by atoms with van der Waals surface area (Å²) in [6, 6.07) is 15.8. The van der Waals surface area contributed by atoms with Crippen LogP contribution in [0.5, 0.6) is 5.75 Å². The predicted molar refractivity (Wildman–Crippen MR) is 112 cm³/mol. The summed E-state index contributed by atoms with van der Waals surface area (Å²) >= 11 is 5.32. The molecular formula is C21H24N4O2S. The fourth-order valence-electron chi connectivity index (χ4n) is 2.78. The zero-order chi connectivity index (χ0) is 20.1. The van der Waals surface area contributed by atoms with Gasteiger partial charge in [0, 0.05) is 12.6 Å². The van der Waals surface area contributed by atoms with Crippen molar-refractivity contribution in [3.05, 3.63) is 64.4 Å². The van der Waals surface area contributed by atoms with Crippen molar-refractivity contribution in [2.24, 2.45) is 0 Å². The highest BCUT2D eigenvalue weighted by molar-refractivity contribution is 7.71. The molecule has 0 aliphatic carbocycles. The number of rotatable bonds is 7. The number of nitrogens with zero attached hydrogens (tertiary/aromatic N) is 3. The van der Waals surface area contributed by atoms with Crippen LogP contribution in [0.2, 0.25) is 0 Å². The molecule has 146 valence electrons. The summed E-state index contributed by atoms with van der Waals surface area (Å²) in [5.74, 6) is 1.40. The molecule has 0 unspecified atom stereocenters. The monoisotopic (exact) mass is 396 g/mol. The highest BCUT2D eigenvalue weighted by Crippen LogP contribution is 2.18. The second kappa shape index (κ2) is 8.84. The third kappa shape index (κ3) is 4.86. The molecule has 7 heteroatoms. The fourth-order valence-corrected chi connectivity index (χ4v) is 2.98. The molecule has 0 aliphatic rings. The molecule has 1 heterocycles. The largest absolute Gasteiger partial charge is 0.492 e. The number of amides is 1. The third-order valence-electron chi connectivity index (χ3n) is 4.47. The molecule has 3 aromatic rings. The number of carbonyl (C=O) groups is 1. The fraction of sp³-hybridized carbons (Fsp3) is 0.286. The first-order chi connectivity index (χ1) is 13.4. The molecule has 0 saturated heterocycles. The van der Waals surface area contributed by atoms with Crippen LogP contribution in [0.1, 0.15) is 11.1 Å². The third-order valence-corrected chi connectivity index (χ3v) is 4.78. The number of aryl methyl sites for hydroxylation is 2. The summed E-state index contributed by atoms with van der Waals surface area (Å²) in [6.45, 7) is 5.08. The van der Waals surface area contributed by atoms with E-state index in [4.69, 9.17) is 17.0 Å². The van der Waals surface area contributed by atoms with E-state index in [0.717, 1.165) is 16.9 Å². The molecule has 6 nitrogen and oxygen atoms in total. The summed E-state index contributed by atoms with van der Waals surface area (Å²) < 4.78 is 7.86. The van der Waals surface area contributed by atoms with Crippen molar-refractivity contribution in [3.8, 4) is 17.1 Å². The minimum Gasteiger partial charge on any atom is -0.492 e. The van der Waals surface area contributed by atoms with E-state index in [0.29, 0.717) is 23.7 Å². The van der Waals surface area contributed by atoms with Gasteiger partial charge in [0.1, 0.15) is 18.9 Å². The van der Waals surface area contributed by atoms with Crippen molar-refractivity contribution < 1.29 is 9.53 Å². The molecule has 0 fully saturated rings. The summed E-state index contributed by atoms with van der Waals surface area (Å²) in [5, 5.41) is 7.09. The summed E-state index contributed by atoms with van der Waals surface area (Å²) in [6.07, 6.45) is 0. The Hall–Kier alpha value is -2.93. The zero-order valence-electron chi connectivity index (χ0n) is 16.3. The quantitative estimate of drug-likeness (QED) is 0.618. The van der Waals surface area contributed by atoms with Gasteiger partial charge in [0.25, 0.3) is 0 Å². The first-order valence-corrected chi connectivity index (χ1v) is 9.50. The van der Waals surface area contributed by atoms with Crippen molar-refractivity contribution >= 4 is 18.1 Å². The van der Waals surface area contributed by atoms with Gasteiger partial charge >= 0.3 is 0 Å². The lowest BCUT2D eigenvalue weighted by atomic mass is 10.1. The van der Waals surface area contributed by atoms with Crippen LogP contribution in [0.4, 0.5) is 0 Å². The van der Waals surface area contributed by atoms with Crippen LogP contribution in [-0.2, 0) is 11.3 Å². The Bertz CT molecular complexity index is 1010. The number of carbonyl (C=O) groups excluding carboxylic acids is 1. The summed E-state index contributed by atoms with van der Waals surface area (Å²) in [4.78, 5) is 14.3. The zero-order valence-corrected chi connectivity index (χ0v) is 17.1. The lowest BCUT2D eigenvalue weighted by Gasteiger charge is -2.18. The van der Waals surface area contributed by atoms with Crippen molar-refractivity contribution in [1.29, 1.82) is 0 Å². The molecule has 1 N–H and O–H groups in total. The van der Waals surface area contributed by atoms with Gasteiger partial charge in [-0.25, -0.2) is 0 Å². The van der Waals surface area contributed by atoms with Crippen LogP contribution in [0.3, 0.4) is 0 Å². The number of likely N-dealkylation sites (N-methyl/N-ethyl adjacent to an activating group) is 1. The van der Waals surface area contributed by atoms with Crippen LogP contribution >= 0.6 is 12.2 Å². The molecule has 0 saturated carbocycles. The van der Waals surface area contributed by atoms with Gasteiger partial charge in [0.2, 0.25) is 5.91 Å². The maximum absolute atomic E-state index is 12.7. The van der Waals surface area contributed by atoms with Crippen molar-refractivity contribution in [2.45, 2.75) is 20.4 Å². The van der Waals surface area contributed by atoms with Crippen molar-refractivity contribution in [2.75, 3.05) is 20.2 Å². The Morgan fingerprint density at radius 2 is 1.93 bits per heavy atom. The standard InChI is InChI=1S/C21H24N4O2S/c1-15-7-9-18(10-8-15)27-12-11-24(3)19(26)14-25-20(22-23-21(25)28)17-6-4-5-16(2)13-17/h4-10,13H,11-12,14H2,1-3H3,(H,23,28). The highest BCUT2D eigenvalue weighted by Gasteiger charge is 2.15. The number of H-pyrrole nitrogens is 1. The first-order valence-electron chi connectivity index (χ1n) is 9.10. The molecule has 0 spiro atoms. The van der Waals surface area contributed by atoms with E-state index >= 15 is 0 Å². The minimum atomic E-state index is -0.0566. The summed E-state index contributed by atoms with van der Waals surface area (Å²) in [5.41, 5.74) is 3.22. The second-order valence-corrected chi connectivity index (χ2v) is 7.17. The Labute approximate surface area is 169 Å². The van der Waals surface area contributed by atoms with Gasteiger partial charge in [-0.3, -0.25) is 14.5 Å². The van der Waals surface area contributed by atoms with E-state index in [1.165, 1.54) is 5.56 Å². The molecule has 28 heavy (non-hydrogen) atoms. The molecule has 0 bridgehead atoms. The average Bonchev–Trinajstić information content (AvgIpc) is 3.03. The maximum atomic E-state index is 12.7. The van der Waals surface area contributed by atoms with Gasteiger partial charge < -0.3 is 9.64 Å². The number of aromatic nitrogens is 3. The van der Waals surface area contributed by atoms with Crippen molar-refractivity contribution in [3.63, 3.8) is 0 Å².